The van der Waals surface area contributed by atoms with Crippen LogP contribution in [0.3, 0.4) is 0 Å². The third-order valence-corrected chi connectivity index (χ3v) is 10.8. The molecule has 0 spiro atoms. The van der Waals surface area contributed by atoms with Crippen molar-refractivity contribution in [1.82, 2.24) is 0 Å². The Morgan fingerprint density at radius 2 is 1.82 bits per heavy atom. The third-order valence-electron chi connectivity index (χ3n) is 9.85. The molecule has 1 N–H and O–H groups in total. The van der Waals surface area contributed by atoms with Gasteiger partial charge in [-0.25, -0.2) is 9.59 Å². The summed E-state index contributed by atoms with van der Waals surface area (Å²) in [5.74, 6) is -1.66. The van der Waals surface area contributed by atoms with Crippen LogP contribution in [0, 0.1) is 28.6 Å². The van der Waals surface area contributed by atoms with E-state index in [1.165, 1.54) is 6.08 Å². The summed E-state index contributed by atoms with van der Waals surface area (Å²) in [6.07, 6.45) is 4.19. The maximum absolute atomic E-state index is 14.0. The quantitative estimate of drug-likeness (QED) is 0.337. The molecule has 0 aromatic carbocycles. The number of ether oxygens (including phenoxy) is 4. The van der Waals surface area contributed by atoms with E-state index < -0.39 is 58.0 Å². The molecule has 9 nitrogen and oxygen atoms in total. The minimum Gasteiger partial charge on any atom is -0.435 e. The van der Waals surface area contributed by atoms with Crippen molar-refractivity contribution in [3.05, 3.63) is 23.8 Å². The lowest BCUT2D eigenvalue weighted by atomic mass is 9.45. The van der Waals surface area contributed by atoms with Crippen LogP contribution in [0.25, 0.3) is 0 Å². The Kier molecular flexibility index (Phi) is 8.00. The van der Waals surface area contributed by atoms with E-state index in [0.717, 1.165) is 5.57 Å². The van der Waals surface area contributed by atoms with Gasteiger partial charge in [-0.1, -0.05) is 39.3 Å². The number of alkyl halides is 1. The fourth-order valence-corrected chi connectivity index (χ4v) is 8.66. The highest BCUT2D eigenvalue weighted by molar-refractivity contribution is 6.26. The first-order chi connectivity index (χ1) is 18.3. The minimum atomic E-state index is -1.73. The molecule has 0 saturated heterocycles. The summed E-state index contributed by atoms with van der Waals surface area (Å²) in [5.41, 5.74) is -2.65. The molecule has 0 bridgehead atoms. The first-order valence-corrected chi connectivity index (χ1v) is 14.2. The van der Waals surface area contributed by atoms with E-state index in [1.54, 1.807) is 19.1 Å². The van der Waals surface area contributed by atoms with Gasteiger partial charge in [-0.15, -0.1) is 11.6 Å². The summed E-state index contributed by atoms with van der Waals surface area (Å²) in [4.78, 5) is 49.8. The van der Waals surface area contributed by atoms with E-state index in [0.29, 0.717) is 25.7 Å². The maximum atomic E-state index is 14.0. The van der Waals surface area contributed by atoms with Crippen molar-refractivity contribution in [1.29, 1.82) is 0 Å². The van der Waals surface area contributed by atoms with Crippen molar-refractivity contribution in [2.45, 2.75) is 83.3 Å². The van der Waals surface area contributed by atoms with Crippen LogP contribution >= 0.6 is 11.6 Å². The summed E-state index contributed by atoms with van der Waals surface area (Å²) in [6.45, 7) is 8.63. The van der Waals surface area contributed by atoms with Crippen LogP contribution < -0.4 is 0 Å². The van der Waals surface area contributed by atoms with Crippen LogP contribution in [0.1, 0.15) is 66.7 Å². The topological polar surface area (TPSA) is 125 Å². The number of aliphatic hydroxyl groups excluding tert-OH is 1. The predicted molar refractivity (Wildman–Crippen MR) is 141 cm³/mol. The Morgan fingerprint density at radius 3 is 2.49 bits per heavy atom. The standard InChI is InChI=1S/C29H39ClO9/c1-6-12-37-24(34)38-16-23(33)29(39-25(35)36-7-2)17(3)13-21-20-9-8-18-14-19(31)10-11-26(18,4)28(20,30)22(32)15-27(21,29)5/h10-11,14,17,20-22,32H,6-9,12-13,15-16H2,1-5H3/t17-,20+,21+,22?,26+,27+,28+,29+/m1/s1. The zero-order chi connectivity index (χ0) is 28.8. The van der Waals surface area contributed by atoms with Gasteiger partial charge in [-0.3, -0.25) is 9.59 Å². The van der Waals surface area contributed by atoms with Gasteiger partial charge in [-0.2, -0.15) is 0 Å². The summed E-state index contributed by atoms with van der Waals surface area (Å²) < 4.78 is 21.1. The van der Waals surface area contributed by atoms with Gasteiger partial charge in [0, 0.05) is 16.7 Å². The second-order valence-corrected chi connectivity index (χ2v) is 12.4. The van der Waals surface area contributed by atoms with Gasteiger partial charge < -0.3 is 24.1 Å². The van der Waals surface area contributed by atoms with Crippen LogP contribution in [0.15, 0.2) is 23.8 Å². The molecule has 39 heavy (non-hydrogen) atoms. The molecule has 3 fully saturated rings. The zero-order valence-electron chi connectivity index (χ0n) is 23.3. The highest BCUT2D eigenvalue weighted by Gasteiger charge is 2.76. The fourth-order valence-electron chi connectivity index (χ4n) is 8.14. The third kappa shape index (κ3) is 4.31. The molecule has 0 aromatic heterocycles. The Balaban J connectivity index is 1.74. The van der Waals surface area contributed by atoms with E-state index in [4.69, 9.17) is 30.5 Å². The Bertz CT molecular complexity index is 1100. The molecule has 0 amide bonds. The molecule has 216 valence electrons. The number of fused-ring (bicyclic) bond motifs is 5. The number of carbonyl (C=O) groups is 4. The average Bonchev–Trinajstić information content (AvgIpc) is 3.09. The highest BCUT2D eigenvalue weighted by atomic mass is 35.5. The zero-order valence-corrected chi connectivity index (χ0v) is 24.0. The molecular weight excluding hydrogens is 528 g/mol. The van der Waals surface area contributed by atoms with Crippen LogP contribution in [0.5, 0.6) is 0 Å². The largest absolute Gasteiger partial charge is 0.509 e. The van der Waals surface area contributed by atoms with E-state index in [9.17, 15) is 24.3 Å². The van der Waals surface area contributed by atoms with Gasteiger partial charge in [-0.05, 0) is 63.0 Å². The summed E-state index contributed by atoms with van der Waals surface area (Å²) in [6, 6.07) is 0. The van der Waals surface area contributed by atoms with Gasteiger partial charge in [0.25, 0.3) is 0 Å². The number of allylic oxidation sites excluding steroid dienone is 4. The molecule has 0 radical (unpaired) electrons. The summed E-state index contributed by atoms with van der Waals surface area (Å²) >= 11 is 7.49. The predicted octanol–water partition coefficient (Wildman–Crippen LogP) is 4.92. The van der Waals surface area contributed by atoms with E-state index >= 15 is 0 Å². The lowest BCUT2D eigenvalue weighted by molar-refractivity contribution is -0.185. The van der Waals surface area contributed by atoms with Crippen LogP contribution in [0.4, 0.5) is 9.59 Å². The van der Waals surface area contributed by atoms with Crippen molar-refractivity contribution in [3.8, 4) is 0 Å². The Morgan fingerprint density at radius 1 is 1.10 bits per heavy atom. The number of hydrogen-bond acceptors (Lipinski definition) is 9. The van der Waals surface area contributed by atoms with Crippen LogP contribution in [-0.2, 0) is 28.5 Å². The number of halogens is 1. The SMILES string of the molecule is CCCOC(=O)OCC(=O)[C@@]1(OC(=O)OCC)[C@H](C)C[C@H]2[C@@H]3CCC4=CC(=O)C=C[C@]4(C)[C@@]3(Cl)C(O)C[C@@]21C. The lowest BCUT2D eigenvalue weighted by Crippen LogP contribution is -2.69. The number of carbonyl (C=O) groups excluding carboxylic acids is 4. The average molecular weight is 567 g/mol. The minimum absolute atomic E-state index is 0.0477. The maximum Gasteiger partial charge on any atom is 0.509 e. The van der Waals surface area contributed by atoms with Crippen molar-refractivity contribution in [2.24, 2.45) is 28.6 Å². The Labute approximate surface area is 234 Å². The molecule has 3 saturated carbocycles. The molecule has 1 unspecified atom stereocenters. The molecule has 4 rings (SSSR count). The van der Waals surface area contributed by atoms with Crippen molar-refractivity contribution >= 4 is 35.5 Å². The molecule has 8 atom stereocenters. The number of aliphatic hydroxyl groups is 1. The van der Waals surface area contributed by atoms with Gasteiger partial charge >= 0.3 is 12.3 Å². The number of hydrogen-bond donors (Lipinski definition) is 1. The highest BCUT2D eigenvalue weighted by Crippen LogP contribution is 2.72. The molecule has 0 heterocycles. The van der Waals surface area contributed by atoms with Crippen LogP contribution in [-0.4, -0.2) is 65.4 Å². The second kappa shape index (κ2) is 10.5. The van der Waals surface area contributed by atoms with Gasteiger partial charge in [0.2, 0.25) is 5.78 Å². The molecule has 10 heteroatoms. The first-order valence-electron chi connectivity index (χ1n) is 13.8. The second-order valence-electron chi connectivity index (χ2n) is 11.7. The first kappa shape index (κ1) is 29.6. The summed E-state index contributed by atoms with van der Waals surface area (Å²) in [5, 5.41) is 11.8. The number of ketones is 2. The van der Waals surface area contributed by atoms with Gasteiger partial charge in [0.1, 0.15) is 0 Å². The van der Waals surface area contributed by atoms with Crippen molar-refractivity contribution in [2.75, 3.05) is 19.8 Å². The molecule has 0 aromatic rings. The lowest BCUT2D eigenvalue weighted by Gasteiger charge is -2.64. The van der Waals surface area contributed by atoms with E-state index in [-0.39, 0.29) is 37.3 Å². The Hall–Kier alpha value is -2.39. The van der Waals surface area contributed by atoms with Gasteiger partial charge in [0.15, 0.2) is 18.0 Å². The van der Waals surface area contributed by atoms with E-state index in [2.05, 4.69) is 0 Å². The van der Waals surface area contributed by atoms with Gasteiger partial charge in [0.05, 0.1) is 24.2 Å². The van der Waals surface area contributed by atoms with Crippen LogP contribution in [0.2, 0.25) is 0 Å². The molecular formula is C29H39ClO9. The summed E-state index contributed by atoms with van der Waals surface area (Å²) in [7, 11) is 0. The number of rotatable bonds is 7. The van der Waals surface area contributed by atoms with Crippen molar-refractivity contribution < 1.29 is 43.2 Å². The smallest absolute Gasteiger partial charge is 0.435 e. The fraction of sp³-hybridized carbons (Fsp3) is 0.724. The van der Waals surface area contributed by atoms with Crippen molar-refractivity contribution in [3.63, 3.8) is 0 Å². The number of Topliss-reactive ketones (excluding diaryl/α,β-unsaturated/α-hetero) is 1. The van der Waals surface area contributed by atoms with E-state index in [1.807, 2.05) is 27.7 Å². The molecule has 0 aliphatic heterocycles. The molecule has 4 aliphatic carbocycles. The molecule has 4 aliphatic rings. The monoisotopic (exact) mass is 566 g/mol. The normalized spacial score (nSPS) is 40.5.